The molecule has 3 aliphatic heterocycles. The third-order valence-electron chi connectivity index (χ3n) is 8.02. The highest BCUT2D eigenvalue weighted by atomic mass is 19.4. The van der Waals surface area contributed by atoms with Gasteiger partial charge >= 0.3 is 6.36 Å². The second kappa shape index (κ2) is 9.90. The highest BCUT2D eigenvalue weighted by Gasteiger charge is 2.45. The van der Waals surface area contributed by atoms with Crippen LogP contribution >= 0.6 is 0 Å². The third kappa shape index (κ3) is 5.28. The van der Waals surface area contributed by atoms with Crippen molar-refractivity contribution in [2.45, 2.75) is 63.4 Å². The number of hydrogen-bond acceptors (Lipinski definition) is 4. The molecule has 4 atom stereocenters. The van der Waals surface area contributed by atoms with Crippen molar-refractivity contribution >= 4 is 5.91 Å². The predicted octanol–water partition coefficient (Wildman–Crippen LogP) is 4.60. The van der Waals surface area contributed by atoms with Crippen LogP contribution in [0.1, 0.15) is 55.3 Å². The molecule has 0 aromatic heterocycles. The number of hydrogen-bond donors (Lipinski definition) is 1. The third-order valence-corrected chi connectivity index (χ3v) is 8.02. The Balaban J connectivity index is 1.12. The maximum absolute atomic E-state index is 12.4. The van der Waals surface area contributed by atoms with Crippen molar-refractivity contribution in [3.05, 3.63) is 41.5 Å². The zero-order chi connectivity index (χ0) is 23.7. The molecule has 1 aromatic carbocycles. The van der Waals surface area contributed by atoms with E-state index in [-0.39, 0.29) is 11.7 Å². The highest BCUT2D eigenvalue weighted by molar-refractivity contribution is 5.94. The molecule has 186 valence electrons. The van der Waals surface area contributed by atoms with Crippen molar-refractivity contribution in [1.29, 1.82) is 0 Å². The van der Waals surface area contributed by atoms with E-state index in [0.717, 1.165) is 43.6 Å². The van der Waals surface area contributed by atoms with E-state index in [1.807, 2.05) is 0 Å². The first-order chi connectivity index (χ1) is 16.4. The van der Waals surface area contributed by atoms with Gasteiger partial charge in [0.1, 0.15) is 5.75 Å². The predicted molar refractivity (Wildman–Crippen MR) is 124 cm³/mol. The second-order valence-corrected chi connectivity index (χ2v) is 10.2. The van der Waals surface area contributed by atoms with Crippen molar-refractivity contribution in [3.63, 3.8) is 0 Å². The molecule has 1 amide bonds. The van der Waals surface area contributed by atoms with E-state index < -0.39 is 6.36 Å². The number of piperidine rings is 3. The van der Waals surface area contributed by atoms with Gasteiger partial charge in [-0.3, -0.25) is 14.6 Å². The Morgan fingerprint density at radius 2 is 1.94 bits per heavy atom. The number of halogens is 3. The summed E-state index contributed by atoms with van der Waals surface area (Å²) in [5.41, 5.74) is 1.98. The summed E-state index contributed by atoms with van der Waals surface area (Å²) in [6.45, 7) is 5.09. The van der Waals surface area contributed by atoms with E-state index in [1.165, 1.54) is 63.7 Å². The smallest absolute Gasteiger partial charge is 0.406 e. The quantitative estimate of drug-likeness (QED) is 0.481. The fourth-order valence-corrected chi connectivity index (χ4v) is 6.73. The van der Waals surface area contributed by atoms with Crippen molar-refractivity contribution in [2.24, 2.45) is 11.8 Å². The van der Waals surface area contributed by atoms with Crippen LogP contribution in [0.3, 0.4) is 0 Å². The molecule has 1 aliphatic carbocycles. The van der Waals surface area contributed by atoms with Crippen LogP contribution in [-0.4, -0.2) is 66.9 Å². The normalized spacial score (nSPS) is 29.6. The van der Waals surface area contributed by atoms with E-state index in [0.29, 0.717) is 24.1 Å². The van der Waals surface area contributed by atoms with Gasteiger partial charge in [-0.05, 0) is 87.7 Å². The molecule has 3 fully saturated rings. The Morgan fingerprint density at radius 1 is 1.12 bits per heavy atom. The first kappa shape index (κ1) is 23.7. The average Bonchev–Trinajstić information content (AvgIpc) is 2.81. The number of nitrogens with zero attached hydrogens (tertiary/aromatic N) is 2. The van der Waals surface area contributed by atoms with Crippen molar-refractivity contribution in [2.75, 3.05) is 32.7 Å². The lowest BCUT2D eigenvalue weighted by atomic mass is 9.68. The van der Waals surface area contributed by atoms with Gasteiger partial charge in [0.15, 0.2) is 0 Å². The largest absolute Gasteiger partial charge is 0.573 e. The Bertz CT molecular complexity index is 902. The van der Waals surface area contributed by atoms with Gasteiger partial charge in [-0.15, -0.1) is 13.2 Å². The minimum atomic E-state index is -4.74. The molecule has 3 heterocycles. The number of likely N-dealkylation sites (tertiary alicyclic amines) is 1. The lowest BCUT2D eigenvalue weighted by Crippen LogP contribution is -2.59. The van der Waals surface area contributed by atoms with Gasteiger partial charge in [-0.2, -0.15) is 0 Å². The zero-order valence-corrected chi connectivity index (χ0v) is 19.5. The monoisotopic (exact) mass is 477 g/mol. The molecule has 5 rings (SSSR count). The molecule has 5 nitrogen and oxygen atoms in total. The summed E-state index contributed by atoms with van der Waals surface area (Å²) in [5.74, 6) is 0.845. The van der Waals surface area contributed by atoms with Gasteiger partial charge in [-0.25, -0.2) is 0 Å². The number of carbonyl (C=O) groups is 1. The maximum Gasteiger partial charge on any atom is 0.573 e. The van der Waals surface area contributed by atoms with Gasteiger partial charge in [0.25, 0.3) is 5.91 Å². The standard InChI is InChI=1S/C26H34F3N3O2/c27-26(28,29)34-22-9-7-18(8-10-22)25(33)30-11-4-14-31-13-3-5-19-15-20-16-21(24(19)31)17-32-12-2-1-6-23(20)32/h7-10,15,20-21,23-24H,1-6,11-14,16-17H2,(H,30,33)/t20-,21+,23+,24+/m0/s1. The van der Waals surface area contributed by atoms with E-state index >= 15 is 0 Å². The van der Waals surface area contributed by atoms with E-state index in [1.54, 1.807) is 5.57 Å². The van der Waals surface area contributed by atoms with Gasteiger partial charge in [-0.1, -0.05) is 18.1 Å². The lowest BCUT2D eigenvalue weighted by molar-refractivity contribution is -0.274. The van der Waals surface area contributed by atoms with Crippen LogP contribution in [0.5, 0.6) is 5.75 Å². The highest BCUT2D eigenvalue weighted by Crippen LogP contribution is 2.44. The Hall–Kier alpha value is -2.06. The zero-order valence-electron chi connectivity index (χ0n) is 19.5. The van der Waals surface area contributed by atoms with Crippen molar-refractivity contribution in [1.82, 2.24) is 15.1 Å². The van der Waals surface area contributed by atoms with E-state index in [9.17, 15) is 18.0 Å². The SMILES string of the molecule is O=C(NCCCN1CCCC2=C[C@H]3C[C@H](CN4CCCC[C@H]34)[C@@H]21)c1ccc(OC(F)(F)F)cc1. The number of benzene rings is 1. The molecule has 0 radical (unpaired) electrons. The molecule has 0 spiro atoms. The van der Waals surface area contributed by atoms with Crippen molar-refractivity contribution in [3.8, 4) is 5.75 Å². The Morgan fingerprint density at radius 3 is 2.74 bits per heavy atom. The number of rotatable bonds is 6. The summed E-state index contributed by atoms with van der Waals surface area (Å²) >= 11 is 0. The summed E-state index contributed by atoms with van der Waals surface area (Å²) < 4.78 is 40.7. The molecule has 1 N–H and O–H groups in total. The van der Waals surface area contributed by atoms with Crippen LogP contribution in [0.25, 0.3) is 0 Å². The fraction of sp³-hybridized carbons (Fsp3) is 0.654. The molecule has 34 heavy (non-hydrogen) atoms. The molecular weight excluding hydrogens is 443 g/mol. The molecule has 8 heteroatoms. The van der Waals surface area contributed by atoms with Crippen LogP contribution < -0.4 is 10.1 Å². The van der Waals surface area contributed by atoms with Gasteiger partial charge < -0.3 is 10.1 Å². The topological polar surface area (TPSA) is 44.8 Å². The lowest BCUT2D eigenvalue weighted by Gasteiger charge is -2.54. The van der Waals surface area contributed by atoms with Gasteiger partial charge in [0.05, 0.1) is 0 Å². The second-order valence-electron chi connectivity index (χ2n) is 10.2. The molecule has 0 saturated carbocycles. The van der Waals surface area contributed by atoms with Crippen LogP contribution in [0, 0.1) is 11.8 Å². The van der Waals surface area contributed by atoms with Crippen LogP contribution in [0.15, 0.2) is 35.9 Å². The number of alkyl halides is 3. The first-order valence-corrected chi connectivity index (χ1v) is 12.7. The first-order valence-electron chi connectivity index (χ1n) is 12.7. The van der Waals surface area contributed by atoms with E-state index in [4.69, 9.17) is 0 Å². The molecule has 4 aliphatic rings. The molecule has 2 bridgehead atoms. The fourth-order valence-electron chi connectivity index (χ4n) is 6.73. The molecule has 0 unspecified atom stereocenters. The number of fused-ring (bicyclic) bond motifs is 6. The number of ether oxygens (including phenoxy) is 1. The minimum absolute atomic E-state index is 0.276. The number of carbonyl (C=O) groups excluding carboxylic acids is 1. The summed E-state index contributed by atoms with van der Waals surface area (Å²) in [6.07, 6.45) is 6.55. The maximum atomic E-state index is 12.4. The molecular formula is C26H34F3N3O2. The summed E-state index contributed by atoms with van der Waals surface area (Å²) in [7, 11) is 0. The van der Waals surface area contributed by atoms with Crippen LogP contribution in [0.2, 0.25) is 0 Å². The summed E-state index contributed by atoms with van der Waals surface area (Å²) in [6, 6.07) is 6.35. The number of nitrogens with one attached hydrogen (secondary N) is 1. The molecule has 1 aromatic rings. The Labute approximate surface area is 199 Å². The van der Waals surface area contributed by atoms with Gasteiger partial charge in [0, 0.05) is 37.3 Å². The summed E-state index contributed by atoms with van der Waals surface area (Å²) in [5, 5.41) is 2.91. The Kier molecular flexibility index (Phi) is 6.89. The average molecular weight is 478 g/mol. The summed E-state index contributed by atoms with van der Waals surface area (Å²) in [4.78, 5) is 17.8. The van der Waals surface area contributed by atoms with Crippen molar-refractivity contribution < 1.29 is 22.7 Å². The van der Waals surface area contributed by atoms with Crippen LogP contribution in [-0.2, 0) is 0 Å². The van der Waals surface area contributed by atoms with Gasteiger partial charge in [0.2, 0.25) is 0 Å². The molecule has 3 saturated heterocycles. The van der Waals surface area contributed by atoms with E-state index in [2.05, 4.69) is 25.9 Å². The minimum Gasteiger partial charge on any atom is -0.406 e. The number of amides is 1. The van der Waals surface area contributed by atoms with Crippen LogP contribution in [0.4, 0.5) is 13.2 Å².